The van der Waals surface area contributed by atoms with Gasteiger partial charge in [0.15, 0.2) is 5.65 Å². The minimum absolute atomic E-state index is 0.170. The predicted molar refractivity (Wildman–Crippen MR) is 97.9 cm³/mol. The average molecular weight is 339 g/mol. The van der Waals surface area contributed by atoms with Gasteiger partial charge >= 0.3 is 0 Å². The topological polar surface area (TPSA) is 73.9 Å². The van der Waals surface area contributed by atoms with E-state index in [1.165, 1.54) is 12.8 Å². The number of amides is 1. The van der Waals surface area contributed by atoms with Gasteiger partial charge in [-0.15, -0.1) is 0 Å². The summed E-state index contributed by atoms with van der Waals surface area (Å²) in [7, 11) is 0. The Morgan fingerprint density at radius 1 is 1.40 bits per heavy atom. The van der Waals surface area contributed by atoms with E-state index >= 15 is 0 Å². The highest BCUT2D eigenvalue weighted by molar-refractivity contribution is 5.88. The number of nitrogens with one attached hydrogen (secondary N) is 2. The fraction of sp³-hybridized carbons (Fsp3) is 0.526. The Kier molecular flexibility index (Phi) is 4.42. The molecule has 1 amide bonds. The van der Waals surface area contributed by atoms with Crippen LogP contribution in [-0.4, -0.2) is 45.4 Å². The molecular formula is C19H25N5O. The van der Waals surface area contributed by atoms with E-state index in [4.69, 9.17) is 4.98 Å². The number of carbonyl (C=O) groups excluding carboxylic acids is 1. The lowest BCUT2D eigenvalue weighted by atomic mass is 10.2. The molecule has 6 nitrogen and oxygen atoms in total. The number of aromatic amines is 1. The molecule has 2 aromatic rings. The third-order valence-electron chi connectivity index (χ3n) is 4.98. The molecule has 132 valence electrons. The lowest BCUT2D eigenvalue weighted by Crippen LogP contribution is -2.35. The van der Waals surface area contributed by atoms with Crippen molar-refractivity contribution >= 4 is 22.8 Å². The quantitative estimate of drug-likeness (QED) is 0.849. The van der Waals surface area contributed by atoms with Gasteiger partial charge in [0.2, 0.25) is 5.91 Å². The van der Waals surface area contributed by atoms with Crippen LogP contribution in [0.3, 0.4) is 0 Å². The van der Waals surface area contributed by atoms with Crippen LogP contribution in [0.1, 0.15) is 56.2 Å². The smallest absolute Gasteiger partial charge is 0.241 e. The van der Waals surface area contributed by atoms with Crippen LogP contribution in [0.5, 0.6) is 0 Å². The van der Waals surface area contributed by atoms with E-state index in [-0.39, 0.29) is 5.91 Å². The number of aromatic nitrogens is 3. The SMILES string of the molecule is CC/C=C(/NCC(=O)N1CCCC1)c1c[nH]c2ncc(C3CC3)nc12. The Balaban J connectivity index is 1.55. The van der Waals surface area contributed by atoms with Crippen molar-refractivity contribution in [3.63, 3.8) is 0 Å². The van der Waals surface area contributed by atoms with Crippen molar-refractivity contribution < 1.29 is 4.79 Å². The van der Waals surface area contributed by atoms with E-state index in [0.717, 1.165) is 60.5 Å². The summed E-state index contributed by atoms with van der Waals surface area (Å²) < 4.78 is 0. The third kappa shape index (κ3) is 3.38. The minimum atomic E-state index is 0.170. The maximum absolute atomic E-state index is 12.3. The number of hydrogen-bond acceptors (Lipinski definition) is 4. The second-order valence-electron chi connectivity index (χ2n) is 6.94. The van der Waals surface area contributed by atoms with E-state index < -0.39 is 0 Å². The Morgan fingerprint density at radius 2 is 2.20 bits per heavy atom. The molecule has 0 bridgehead atoms. The van der Waals surface area contributed by atoms with Gasteiger partial charge in [-0.25, -0.2) is 9.97 Å². The van der Waals surface area contributed by atoms with Gasteiger partial charge in [-0.1, -0.05) is 13.0 Å². The fourth-order valence-electron chi connectivity index (χ4n) is 3.42. The summed E-state index contributed by atoms with van der Waals surface area (Å²) in [5.74, 6) is 0.743. The second-order valence-corrected chi connectivity index (χ2v) is 6.94. The Labute approximate surface area is 147 Å². The van der Waals surface area contributed by atoms with Crippen molar-refractivity contribution in [1.29, 1.82) is 0 Å². The van der Waals surface area contributed by atoms with Crippen LogP contribution in [0, 0.1) is 0 Å². The summed E-state index contributed by atoms with van der Waals surface area (Å²) >= 11 is 0. The Hall–Kier alpha value is -2.37. The van der Waals surface area contributed by atoms with E-state index in [9.17, 15) is 4.79 Å². The molecule has 2 aliphatic rings. The van der Waals surface area contributed by atoms with Gasteiger partial charge in [0.25, 0.3) is 0 Å². The first kappa shape index (κ1) is 16.1. The van der Waals surface area contributed by atoms with Gasteiger partial charge in [0.1, 0.15) is 5.52 Å². The molecule has 4 rings (SSSR count). The van der Waals surface area contributed by atoms with Crippen LogP contribution < -0.4 is 5.32 Å². The number of rotatable bonds is 6. The van der Waals surface area contributed by atoms with E-state index in [1.54, 1.807) is 0 Å². The molecule has 3 heterocycles. The van der Waals surface area contributed by atoms with Crippen LogP contribution in [-0.2, 0) is 4.79 Å². The largest absolute Gasteiger partial charge is 0.376 e. The van der Waals surface area contributed by atoms with Gasteiger partial charge in [0.05, 0.1) is 18.4 Å². The van der Waals surface area contributed by atoms with Crippen molar-refractivity contribution in [2.24, 2.45) is 0 Å². The molecule has 0 unspecified atom stereocenters. The summed E-state index contributed by atoms with van der Waals surface area (Å²) in [6.07, 6.45) is 11.5. The van der Waals surface area contributed by atoms with E-state index in [0.29, 0.717) is 12.5 Å². The first-order valence-corrected chi connectivity index (χ1v) is 9.32. The summed E-state index contributed by atoms with van der Waals surface area (Å²) in [4.78, 5) is 26.8. The molecule has 1 aliphatic carbocycles. The highest BCUT2D eigenvalue weighted by Crippen LogP contribution is 2.39. The van der Waals surface area contributed by atoms with Gasteiger partial charge in [-0.2, -0.15) is 0 Å². The van der Waals surface area contributed by atoms with Crippen molar-refractivity contribution in [2.75, 3.05) is 19.6 Å². The van der Waals surface area contributed by atoms with Crippen LogP contribution >= 0.6 is 0 Å². The van der Waals surface area contributed by atoms with Crippen LogP contribution in [0.15, 0.2) is 18.5 Å². The predicted octanol–water partition coefficient (Wildman–Crippen LogP) is 2.80. The zero-order valence-corrected chi connectivity index (χ0v) is 14.7. The molecule has 25 heavy (non-hydrogen) atoms. The zero-order valence-electron chi connectivity index (χ0n) is 14.7. The molecule has 2 aromatic heterocycles. The van der Waals surface area contributed by atoms with Crippen molar-refractivity contribution in [3.8, 4) is 0 Å². The number of H-pyrrole nitrogens is 1. The van der Waals surface area contributed by atoms with E-state index in [2.05, 4.69) is 28.3 Å². The molecule has 6 heteroatoms. The van der Waals surface area contributed by atoms with Crippen molar-refractivity contribution in [2.45, 2.75) is 44.9 Å². The molecular weight excluding hydrogens is 314 g/mol. The summed E-state index contributed by atoms with van der Waals surface area (Å²) in [6, 6.07) is 0. The highest BCUT2D eigenvalue weighted by atomic mass is 16.2. The Morgan fingerprint density at radius 3 is 2.92 bits per heavy atom. The van der Waals surface area contributed by atoms with Gasteiger partial charge in [-0.05, 0) is 32.1 Å². The van der Waals surface area contributed by atoms with Gasteiger partial charge in [-0.3, -0.25) is 4.79 Å². The molecule has 0 radical (unpaired) electrons. The maximum Gasteiger partial charge on any atom is 0.241 e. The molecule has 1 saturated heterocycles. The number of hydrogen-bond donors (Lipinski definition) is 2. The summed E-state index contributed by atoms with van der Waals surface area (Å²) in [5.41, 5.74) is 4.74. The van der Waals surface area contributed by atoms with Crippen LogP contribution in [0.25, 0.3) is 16.9 Å². The van der Waals surface area contributed by atoms with Gasteiger partial charge in [0, 0.05) is 36.5 Å². The number of nitrogens with zero attached hydrogens (tertiary/aromatic N) is 3. The first-order chi connectivity index (χ1) is 12.3. The first-order valence-electron chi connectivity index (χ1n) is 9.32. The minimum Gasteiger partial charge on any atom is -0.376 e. The maximum atomic E-state index is 12.3. The molecule has 0 atom stereocenters. The number of fused-ring (bicyclic) bond motifs is 1. The monoisotopic (exact) mass is 339 g/mol. The van der Waals surface area contributed by atoms with E-state index in [1.807, 2.05) is 17.3 Å². The lowest BCUT2D eigenvalue weighted by molar-refractivity contribution is -0.128. The normalized spacial score (nSPS) is 18.1. The molecule has 1 saturated carbocycles. The van der Waals surface area contributed by atoms with Crippen molar-refractivity contribution in [3.05, 3.63) is 29.7 Å². The van der Waals surface area contributed by atoms with Crippen LogP contribution in [0.4, 0.5) is 0 Å². The molecule has 2 fully saturated rings. The van der Waals surface area contributed by atoms with Crippen molar-refractivity contribution in [1.82, 2.24) is 25.2 Å². The molecule has 1 aliphatic heterocycles. The third-order valence-corrected chi connectivity index (χ3v) is 4.98. The van der Waals surface area contributed by atoms with Gasteiger partial charge < -0.3 is 15.2 Å². The zero-order chi connectivity index (χ0) is 17.2. The number of carbonyl (C=O) groups is 1. The summed E-state index contributed by atoms with van der Waals surface area (Å²) in [5, 5.41) is 3.34. The number of allylic oxidation sites excluding steroid dienone is 1. The fourth-order valence-corrected chi connectivity index (χ4v) is 3.42. The summed E-state index contributed by atoms with van der Waals surface area (Å²) in [6.45, 7) is 4.20. The number of likely N-dealkylation sites (tertiary alicyclic amines) is 1. The highest BCUT2D eigenvalue weighted by Gasteiger charge is 2.26. The lowest BCUT2D eigenvalue weighted by Gasteiger charge is -2.17. The van der Waals surface area contributed by atoms with Crippen LogP contribution in [0.2, 0.25) is 0 Å². The average Bonchev–Trinajstić information content (AvgIpc) is 3.17. The molecule has 0 aromatic carbocycles. The molecule has 2 N–H and O–H groups in total. The molecule has 0 spiro atoms. The Bertz CT molecular complexity index is 799. The standard InChI is InChI=1S/C19H25N5O/c1-2-5-15(20-12-17(25)24-8-3-4-9-24)14-10-21-19-18(14)23-16(11-22-19)13-6-7-13/h5,10-11,13,20H,2-4,6-9,12H2,1H3,(H,21,22)/b15-5+. The second kappa shape index (κ2) is 6.86.